The van der Waals surface area contributed by atoms with Crippen LogP contribution in [0.5, 0.6) is 0 Å². The lowest BCUT2D eigenvalue weighted by molar-refractivity contribution is -0.143. The first-order chi connectivity index (χ1) is 13.5. The third kappa shape index (κ3) is 4.82. The second kappa shape index (κ2) is 8.48. The topological polar surface area (TPSA) is 146 Å². The number of hydrogen-bond acceptors (Lipinski definition) is 4. The number of amides is 1. The quantitative estimate of drug-likeness (QED) is 0.540. The van der Waals surface area contributed by atoms with Crippen LogP contribution in [0.15, 0.2) is 18.2 Å². The molecule has 1 atom stereocenters. The number of nitrogens with two attached hydrogens (primary N) is 1. The SMILES string of the molecule is O=C(O)CCC(=O)O.[2H]C([2H])([2H])N[C@H]1CCc2[nH]c3ccc(C(N)=O)cc3c2C1. The predicted molar refractivity (Wildman–Crippen MR) is 96.2 cm³/mol. The Balaban J connectivity index is 0.000000321. The van der Waals surface area contributed by atoms with Crippen LogP contribution in [0.1, 0.15) is 45.0 Å². The molecule has 8 heteroatoms. The molecule has 0 radical (unpaired) electrons. The van der Waals surface area contributed by atoms with Gasteiger partial charge < -0.3 is 26.2 Å². The molecule has 2 aromatic rings. The molecule has 0 aliphatic heterocycles. The second-order valence-corrected chi connectivity index (χ2v) is 6.08. The highest BCUT2D eigenvalue weighted by molar-refractivity contribution is 5.98. The molecule has 140 valence electrons. The average molecular weight is 364 g/mol. The number of aromatic nitrogens is 1. The van der Waals surface area contributed by atoms with E-state index in [0.717, 1.165) is 35.0 Å². The number of carboxylic acids is 2. The fourth-order valence-electron chi connectivity index (χ4n) is 2.91. The van der Waals surface area contributed by atoms with E-state index in [2.05, 4.69) is 10.3 Å². The summed E-state index contributed by atoms with van der Waals surface area (Å²) in [5.41, 5.74) is 8.95. The fourth-order valence-corrected chi connectivity index (χ4v) is 2.91. The summed E-state index contributed by atoms with van der Waals surface area (Å²) in [5, 5.41) is 19.4. The highest BCUT2D eigenvalue weighted by atomic mass is 16.4. The first-order valence-corrected chi connectivity index (χ1v) is 8.11. The van der Waals surface area contributed by atoms with Gasteiger partial charge in [-0.25, -0.2) is 0 Å². The molecule has 0 bridgehead atoms. The maximum Gasteiger partial charge on any atom is 0.303 e. The number of likely N-dealkylation sites (N-methyl/N-ethyl adjacent to an activating group) is 1. The van der Waals surface area contributed by atoms with E-state index >= 15 is 0 Å². The van der Waals surface area contributed by atoms with Gasteiger partial charge in [0.05, 0.1) is 12.8 Å². The Bertz CT molecular complexity index is 909. The Morgan fingerprint density at radius 3 is 2.58 bits per heavy atom. The van der Waals surface area contributed by atoms with Crippen molar-refractivity contribution in [2.24, 2.45) is 5.73 Å². The number of carbonyl (C=O) groups excluding carboxylic acids is 1. The standard InChI is InChI=1S/C14H17N3O.C4H6O4/c1-16-9-3-5-13-11(7-9)10-6-8(14(15)18)2-4-12(10)17-13;5-3(6)1-2-4(7)8/h2,4,6,9,16-17H,3,5,7H2,1H3,(H2,15,18);1-2H2,(H,5,6)(H,7,8)/t9-;/m0./s1/i1D3;. The van der Waals surface area contributed by atoms with Gasteiger partial charge in [-0.15, -0.1) is 0 Å². The van der Waals surface area contributed by atoms with Gasteiger partial charge in [0.1, 0.15) is 0 Å². The molecular formula is C18H23N3O5. The molecule has 1 aromatic heterocycles. The van der Waals surface area contributed by atoms with Gasteiger partial charge in [-0.2, -0.15) is 0 Å². The summed E-state index contributed by atoms with van der Waals surface area (Å²) in [6.45, 7) is -2.13. The van der Waals surface area contributed by atoms with Gasteiger partial charge in [-0.05, 0) is 50.0 Å². The number of rotatable bonds is 5. The molecule has 0 saturated heterocycles. The predicted octanol–water partition coefficient (Wildman–Crippen LogP) is 1.28. The highest BCUT2D eigenvalue weighted by Crippen LogP contribution is 2.29. The normalized spacial score (nSPS) is 17.8. The van der Waals surface area contributed by atoms with Gasteiger partial charge in [-0.1, -0.05) is 0 Å². The van der Waals surface area contributed by atoms with E-state index in [1.54, 1.807) is 12.1 Å². The Morgan fingerprint density at radius 2 is 2.00 bits per heavy atom. The summed E-state index contributed by atoms with van der Waals surface area (Å²) in [4.78, 5) is 33.9. The molecule has 1 aromatic carbocycles. The summed E-state index contributed by atoms with van der Waals surface area (Å²) >= 11 is 0. The fraction of sp³-hybridized carbons (Fsp3) is 0.389. The Hall–Kier alpha value is -2.87. The number of aryl methyl sites for hydroxylation is 1. The minimum atomic E-state index is -2.13. The molecule has 0 fully saturated rings. The molecule has 0 saturated carbocycles. The summed E-state index contributed by atoms with van der Waals surface area (Å²) < 4.78 is 22.0. The zero-order valence-corrected chi connectivity index (χ0v) is 14.0. The van der Waals surface area contributed by atoms with Crippen molar-refractivity contribution < 1.29 is 28.7 Å². The third-order valence-corrected chi connectivity index (χ3v) is 4.23. The summed E-state index contributed by atoms with van der Waals surface area (Å²) in [6.07, 6.45) is 1.62. The molecule has 1 amide bonds. The number of benzene rings is 1. The largest absolute Gasteiger partial charge is 0.481 e. The molecule has 0 unspecified atom stereocenters. The van der Waals surface area contributed by atoms with Crippen molar-refractivity contribution >= 4 is 28.7 Å². The molecule has 1 heterocycles. The van der Waals surface area contributed by atoms with Gasteiger partial charge in [0.2, 0.25) is 5.91 Å². The maximum absolute atomic E-state index is 11.3. The van der Waals surface area contributed by atoms with Crippen LogP contribution >= 0.6 is 0 Å². The zero-order chi connectivity index (χ0) is 21.8. The van der Waals surface area contributed by atoms with E-state index in [0.29, 0.717) is 12.0 Å². The highest BCUT2D eigenvalue weighted by Gasteiger charge is 2.21. The molecule has 0 spiro atoms. The van der Waals surface area contributed by atoms with Crippen LogP contribution in [0.4, 0.5) is 0 Å². The van der Waals surface area contributed by atoms with Crippen molar-refractivity contribution in [2.75, 3.05) is 6.98 Å². The number of hydrogen-bond donors (Lipinski definition) is 5. The minimum absolute atomic E-state index is 0.0822. The molecular weight excluding hydrogens is 338 g/mol. The van der Waals surface area contributed by atoms with E-state index < -0.39 is 24.8 Å². The maximum atomic E-state index is 11.3. The van der Waals surface area contributed by atoms with E-state index in [4.69, 9.17) is 20.1 Å². The first kappa shape index (κ1) is 15.4. The number of carboxylic acid groups (broad SMARTS) is 2. The van der Waals surface area contributed by atoms with Crippen molar-refractivity contribution in [3.8, 4) is 0 Å². The second-order valence-electron chi connectivity index (χ2n) is 6.08. The third-order valence-electron chi connectivity index (χ3n) is 4.23. The molecule has 1 aliphatic carbocycles. The van der Waals surface area contributed by atoms with Crippen molar-refractivity contribution in [3.63, 3.8) is 0 Å². The Kier molecular flexibility index (Phi) is 5.02. The summed E-state index contributed by atoms with van der Waals surface area (Å²) in [7, 11) is 0. The van der Waals surface area contributed by atoms with Crippen molar-refractivity contribution in [3.05, 3.63) is 35.0 Å². The van der Waals surface area contributed by atoms with Crippen molar-refractivity contribution in [1.29, 1.82) is 0 Å². The van der Waals surface area contributed by atoms with Crippen LogP contribution in [0.3, 0.4) is 0 Å². The molecule has 1 aliphatic rings. The van der Waals surface area contributed by atoms with E-state index in [1.165, 1.54) is 0 Å². The lowest BCUT2D eigenvalue weighted by atomic mass is 9.91. The first-order valence-electron chi connectivity index (χ1n) is 9.61. The van der Waals surface area contributed by atoms with Crippen LogP contribution in [0.25, 0.3) is 10.9 Å². The summed E-state index contributed by atoms with van der Waals surface area (Å²) in [5.74, 6) is -2.61. The smallest absolute Gasteiger partial charge is 0.303 e. The minimum Gasteiger partial charge on any atom is -0.481 e. The number of fused-ring (bicyclic) bond motifs is 3. The number of carbonyl (C=O) groups is 3. The lowest BCUT2D eigenvalue weighted by Crippen LogP contribution is -2.31. The van der Waals surface area contributed by atoms with Crippen molar-refractivity contribution in [2.45, 2.75) is 38.1 Å². The molecule has 8 nitrogen and oxygen atoms in total. The number of nitrogens with one attached hydrogen (secondary N) is 2. The Morgan fingerprint density at radius 1 is 1.31 bits per heavy atom. The van der Waals surface area contributed by atoms with Crippen LogP contribution in [-0.4, -0.2) is 46.1 Å². The Labute approximate surface area is 154 Å². The zero-order valence-electron chi connectivity index (χ0n) is 17.0. The van der Waals surface area contributed by atoms with Crippen LogP contribution in [-0.2, 0) is 22.4 Å². The monoisotopic (exact) mass is 364 g/mol. The number of aromatic amines is 1. The van der Waals surface area contributed by atoms with E-state index in [-0.39, 0.29) is 18.9 Å². The van der Waals surface area contributed by atoms with Gasteiger partial charge in [0.15, 0.2) is 0 Å². The lowest BCUT2D eigenvalue weighted by Gasteiger charge is -2.21. The molecule has 26 heavy (non-hydrogen) atoms. The van der Waals surface area contributed by atoms with Crippen LogP contribution < -0.4 is 11.1 Å². The number of H-pyrrole nitrogens is 1. The van der Waals surface area contributed by atoms with E-state index in [1.807, 2.05) is 6.07 Å². The van der Waals surface area contributed by atoms with Gasteiger partial charge >= 0.3 is 11.9 Å². The van der Waals surface area contributed by atoms with Crippen molar-refractivity contribution in [1.82, 2.24) is 10.3 Å². The molecule has 3 rings (SSSR count). The van der Waals surface area contributed by atoms with Crippen LogP contribution in [0.2, 0.25) is 0 Å². The van der Waals surface area contributed by atoms with Gasteiger partial charge in [-0.3, -0.25) is 14.4 Å². The van der Waals surface area contributed by atoms with Crippen LogP contribution in [0, 0.1) is 0 Å². The van der Waals surface area contributed by atoms with Gasteiger partial charge in [0.25, 0.3) is 0 Å². The van der Waals surface area contributed by atoms with Gasteiger partial charge in [0, 0.05) is 32.3 Å². The summed E-state index contributed by atoms with van der Waals surface area (Å²) in [6, 6.07) is 5.25. The molecule has 6 N–H and O–H groups in total. The average Bonchev–Trinajstić information content (AvgIpc) is 2.96. The number of primary amides is 1. The van der Waals surface area contributed by atoms with E-state index in [9.17, 15) is 14.4 Å². The number of aliphatic carboxylic acids is 2.